The van der Waals surface area contributed by atoms with Gasteiger partial charge in [-0.05, 0) is 17.8 Å². The van der Waals surface area contributed by atoms with E-state index in [-0.39, 0.29) is 17.7 Å². The van der Waals surface area contributed by atoms with Crippen molar-refractivity contribution in [3.63, 3.8) is 0 Å². The van der Waals surface area contributed by atoms with E-state index < -0.39 is 4.92 Å². The highest BCUT2D eigenvalue weighted by molar-refractivity contribution is 5.38. The molecule has 84 valence electrons. The smallest absolute Gasteiger partial charge is 0.358 e. The van der Waals surface area contributed by atoms with Crippen LogP contribution in [-0.2, 0) is 4.74 Å². The van der Waals surface area contributed by atoms with E-state index in [0.29, 0.717) is 13.0 Å². The van der Waals surface area contributed by atoms with Crippen LogP contribution in [0.2, 0.25) is 0 Å². The SMILES string of the molecule is N#[13C]c1ncn(C2CCCCO2)c1[N+](=O)[O-]. The van der Waals surface area contributed by atoms with Crippen LogP contribution in [0.5, 0.6) is 0 Å². The van der Waals surface area contributed by atoms with Gasteiger partial charge in [0, 0.05) is 6.42 Å². The Bertz CT molecular complexity index is 442. The average molecular weight is 223 g/mol. The van der Waals surface area contributed by atoms with Gasteiger partial charge in [0.25, 0.3) is 0 Å². The molecule has 1 aliphatic rings. The highest BCUT2D eigenvalue weighted by Gasteiger charge is 2.29. The second-order valence-corrected chi connectivity index (χ2v) is 3.51. The molecule has 0 aliphatic carbocycles. The van der Waals surface area contributed by atoms with Crippen LogP contribution in [-0.4, -0.2) is 21.1 Å². The Morgan fingerprint density at radius 3 is 3.06 bits per heavy atom. The number of rotatable bonds is 2. The van der Waals surface area contributed by atoms with Crippen LogP contribution in [0.3, 0.4) is 0 Å². The van der Waals surface area contributed by atoms with Gasteiger partial charge in [-0.25, -0.2) is 0 Å². The molecule has 1 aromatic heterocycles. The molecule has 0 spiro atoms. The van der Waals surface area contributed by atoms with Crippen LogP contribution < -0.4 is 0 Å². The van der Waals surface area contributed by atoms with Crippen molar-refractivity contribution < 1.29 is 9.66 Å². The minimum atomic E-state index is -0.594. The lowest BCUT2D eigenvalue weighted by Crippen LogP contribution is -2.18. The fourth-order valence-corrected chi connectivity index (χ4v) is 1.77. The third-order valence-electron chi connectivity index (χ3n) is 2.51. The lowest BCUT2D eigenvalue weighted by Gasteiger charge is -2.20. The molecule has 1 aliphatic heterocycles. The summed E-state index contributed by atoms with van der Waals surface area (Å²) < 4.78 is 6.75. The maximum absolute atomic E-state index is 10.8. The van der Waals surface area contributed by atoms with E-state index in [1.54, 1.807) is 6.07 Å². The molecule has 1 atom stereocenters. The van der Waals surface area contributed by atoms with Gasteiger partial charge in [-0.3, -0.25) is 0 Å². The molecule has 2 heterocycles. The number of nitrogens with zero attached hydrogens (tertiary/aromatic N) is 4. The third kappa shape index (κ3) is 1.75. The Morgan fingerprint density at radius 2 is 2.50 bits per heavy atom. The second-order valence-electron chi connectivity index (χ2n) is 3.51. The Morgan fingerprint density at radius 1 is 1.69 bits per heavy atom. The molecule has 16 heavy (non-hydrogen) atoms. The molecule has 1 aromatic rings. The first-order chi connectivity index (χ1) is 7.74. The van der Waals surface area contributed by atoms with Crippen LogP contribution in [0.15, 0.2) is 6.33 Å². The minimum Gasteiger partial charge on any atom is -0.358 e. The zero-order valence-electron chi connectivity index (χ0n) is 8.50. The molecular weight excluding hydrogens is 213 g/mol. The first-order valence-corrected chi connectivity index (χ1v) is 4.97. The van der Waals surface area contributed by atoms with Crippen molar-refractivity contribution in [3.05, 3.63) is 22.1 Å². The summed E-state index contributed by atoms with van der Waals surface area (Å²) in [5.74, 6) is -0.283. The Labute approximate surface area is 91.4 Å². The van der Waals surface area contributed by atoms with Gasteiger partial charge in [-0.15, -0.1) is 0 Å². The summed E-state index contributed by atoms with van der Waals surface area (Å²) in [5.41, 5.74) is -0.167. The largest absolute Gasteiger partial charge is 0.363 e. The molecule has 1 unspecified atom stereocenters. The van der Waals surface area contributed by atoms with E-state index in [2.05, 4.69) is 4.98 Å². The van der Waals surface area contributed by atoms with Crippen molar-refractivity contribution in [3.8, 4) is 6.07 Å². The summed E-state index contributed by atoms with van der Waals surface area (Å²) in [5, 5.41) is 19.6. The van der Waals surface area contributed by atoms with Crippen molar-refractivity contribution in [2.45, 2.75) is 25.5 Å². The monoisotopic (exact) mass is 223 g/mol. The number of ether oxygens (including phenoxy) is 1. The van der Waals surface area contributed by atoms with Crippen molar-refractivity contribution in [1.82, 2.24) is 9.55 Å². The predicted octanol–water partition coefficient (Wildman–Crippen LogP) is 1.36. The molecule has 0 aromatic carbocycles. The quantitative estimate of drug-likeness (QED) is 0.428. The highest BCUT2D eigenvalue weighted by Crippen LogP contribution is 2.28. The Kier molecular flexibility index (Phi) is 2.83. The van der Waals surface area contributed by atoms with Crippen molar-refractivity contribution in [2.24, 2.45) is 0 Å². The normalized spacial score (nSPS) is 20.3. The Hall–Kier alpha value is -1.94. The lowest BCUT2D eigenvalue weighted by atomic mass is 10.2. The standard InChI is InChI=1S/C9H10N4O3/c10-5-7-9(13(14)15)12(6-11-7)8-3-1-2-4-16-8/h6,8H,1-4H2/i5+1. The molecule has 7 heteroatoms. The zero-order chi connectivity index (χ0) is 11.5. The molecule has 0 saturated carbocycles. The van der Waals surface area contributed by atoms with Crippen LogP contribution in [0, 0.1) is 21.4 Å². The average Bonchev–Trinajstić information content (AvgIpc) is 2.73. The summed E-state index contributed by atoms with van der Waals surface area (Å²) in [6.07, 6.45) is 3.56. The number of imidazole rings is 1. The Balaban J connectivity index is 2.36. The van der Waals surface area contributed by atoms with E-state index in [9.17, 15) is 10.1 Å². The van der Waals surface area contributed by atoms with Crippen LogP contribution >= 0.6 is 0 Å². The van der Waals surface area contributed by atoms with E-state index in [1.807, 2.05) is 0 Å². The summed E-state index contributed by atoms with van der Waals surface area (Å²) in [6.45, 7) is 0.585. The third-order valence-corrected chi connectivity index (χ3v) is 2.51. The molecule has 1 saturated heterocycles. The fraction of sp³-hybridized carbons (Fsp3) is 0.556. The second kappa shape index (κ2) is 4.28. The van der Waals surface area contributed by atoms with Gasteiger partial charge in [-0.2, -0.15) is 14.8 Å². The van der Waals surface area contributed by atoms with Gasteiger partial charge in [0.2, 0.25) is 11.9 Å². The number of hydrogen-bond donors (Lipinski definition) is 0. The molecule has 0 radical (unpaired) electrons. The molecule has 1 fully saturated rings. The van der Waals surface area contributed by atoms with Gasteiger partial charge in [0.15, 0.2) is 6.33 Å². The summed E-state index contributed by atoms with van der Waals surface area (Å²) >= 11 is 0. The molecule has 7 nitrogen and oxygen atoms in total. The summed E-state index contributed by atoms with van der Waals surface area (Å²) in [6, 6.07) is 1.71. The van der Waals surface area contributed by atoms with Crippen molar-refractivity contribution in [2.75, 3.05) is 6.61 Å². The van der Waals surface area contributed by atoms with Gasteiger partial charge in [0.05, 0.1) is 6.61 Å². The van der Waals surface area contributed by atoms with E-state index in [1.165, 1.54) is 10.9 Å². The molecule has 0 N–H and O–H groups in total. The zero-order valence-corrected chi connectivity index (χ0v) is 8.50. The first kappa shape index (κ1) is 10.6. The van der Waals surface area contributed by atoms with Crippen LogP contribution in [0.4, 0.5) is 5.82 Å². The van der Waals surface area contributed by atoms with Gasteiger partial charge in [0.1, 0.15) is 6.07 Å². The number of nitro groups is 1. The van der Waals surface area contributed by atoms with E-state index >= 15 is 0 Å². The van der Waals surface area contributed by atoms with Crippen LogP contribution in [0.1, 0.15) is 31.2 Å². The van der Waals surface area contributed by atoms with Crippen LogP contribution in [0.25, 0.3) is 0 Å². The maximum atomic E-state index is 10.8. The molecule has 0 amide bonds. The molecule has 0 bridgehead atoms. The molecular formula is C9H10N4O3. The first-order valence-electron chi connectivity index (χ1n) is 4.97. The molecule has 2 rings (SSSR count). The fourth-order valence-electron chi connectivity index (χ4n) is 1.77. The van der Waals surface area contributed by atoms with E-state index in [4.69, 9.17) is 10.00 Å². The topological polar surface area (TPSA) is 94.0 Å². The highest BCUT2D eigenvalue weighted by atomic mass is 16.6. The van der Waals surface area contributed by atoms with Crippen molar-refractivity contribution >= 4 is 5.82 Å². The number of nitriles is 1. The van der Waals surface area contributed by atoms with E-state index in [0.717, 1.165) is 12.8 Å². The number of hydrogen-bond acceptors (Lipinski definition) is 5. The van der Waals surface area contributed by atoms with Gasteiger partial charge >= 0.3 is 5.82 Å². The minimum absolute atomic E-state index is 0.167. The summed E-state index contributed by atoms with van der Waals surface area (Å²) in [4.78, 5) is 14.0. The predicted molar refractivity (Wildman–Crippen MR) is 52.4 cm³/mol. The lowest BCUT2D eigenvalue weighted by molar-refractivity contribution is -0.394. The summed E-state index contributed by atoms with van der Waals surface area (Å²) in [7, 11) is 0. The van der Waals surface area contributed by atoms with Gasteiger partial charge < -0.3 is 14.9 Å². The maximum Gasteiger partial charge on any atom is 0.363 e. The van der Waals surface area contributed by atoms with Gasteiger partial charge in [-0.1, -0.05) is 0 Å². The number of aromatic nitrogens is 2. The van der Waals surface area contributed by atoms with Crippen molar-refractivity contribution in [1.29, 1.82) is 5.26 Å².